The Hall–Kier alpha value is -1.07. The van der Waals surface area contributed by atoms with E-state index in [2.05, 4.69) is 28.2 Å². The number of hydrogen-bond donors (Lipinski definition) is 1. The third-order valence-corrected chi connectivity index (χ3v) is 3.81. The Bertz CT molecular complexity index is 462. The first kappa shape index (κ1) is 18.0. The third kappa shape index (κ3) is 5.32. The molecule has 0 spiro atoms. The maximum Gasteiger partial charge on any atom is 0.263 e. The number of carbonyl (C=O) groups is 1. The van der Waals surface area contributed by atoms with Crippen LogP contribution in [0.25, 0.3) is 0 Å². The molecular weight excluding hydrogens is 332 g/mol. The quantitative estimate of drug-likeness (QED) is 0.777. The van der Waals surface area contributed by atoms with Crippen LogP contribution in [0.5, 0.6) is 5.75 Å². The Balaban J connectivity index is 2.83. The average Bonchev–Trinajstić information content (AvgIpc) is 2.48. The molecule has 0 radical (unpaired) electrons. The number of nitrogens with zero attached hydrogens (tertiary/aromatic N) is 1. The van der Waals surface area contributed by atoms with Gasteiger partial charge < -0.3 is 15.0 Å². The predicted octanol–water partition coefficient (Wildman–Crippen LogP) is 3.19. The zero-order valence-electron chi connectivity index (χ0n) is 13.3. The van der Waals surface area contributed by atoms with Crippen LogP contribution in [0.2, 0.25) is 0 Å². The molecule has 0 bridgehead atoms. The highest BCUT2D eigenvalue weighted by Gasteiger charge is 2.20. The second-order valence-electron chi connectivity index (χ2n) is 4.80. The molecule has 1 unspecified atom stereocenters. The lowest BCUT2D eigenvalue weighted by atomic mass is 10.2. The normalized spacial score (nSPS) is 12.0. The highest BCUT2D eigenvalue weighted by molar-refractivity contribution is 9.10. The number of likely N-dealkylation sites (N-methyl/N-ethyl adjacent to an activating group) is 1. The monoisotopic (exact) mass is 356 g/mol. The van der Waals surface area contributed by atoms with Crippen LogP contribution in [0.3, 0.4) is 0 Å². The summed E-state index contributed by atoms with van der Waals surface area (Å²) in [5.41, 5.74) is 1.05. The summed E-state index contributed by atoms with van der Waals surface area (Å²) < 4.78 is 6.90. The van der Waals surface area contributed by atoms with Gasteiger partial charge >= 0.3 is 0 Å². The van der Waals surface area contributed by atoms with E-state index in [0.717, 1.165) is 28.9 Å². The standard InChI is InChI=1S/C16H25BrN2O2/c1-5-18-11-13-10-14(17)8-9-15(13)21-12(4)16(20)19(6-2)7-3/h8-10,12,18H,5-7,11H2,1-4H3. The molecular formula is C16H25BrN2O2. The number of benzene rings is 1. The molecule has 1 rings (SSSR count). The number of rotatable bonds is 8. The molecule has 0 aliphatic rings. The Morgan fingerprint density at radius 1 is 1.33 bits per heavy atom. The molecule has 0 saturated carbocycles. The smallest absolute Gasteiger partial charge is 0.263 e. The van der Waals surface area contributed by atoms with Gasteiger partial charge in [0.15, 0.2) is 6.10 Å². The number of carbonyl (C=O) groups excluding carboxylic acids is 1. The SMILES string of the molecule is CCNCc1cc(Br)ccc1OC(C)C(=O)N(CC)CC. The molecule has 1 aromatic rings. The minimum atomic E-state index is -0.480. The van der Waals surface area contributed by atoms with Gasteiger partial charge in [-0.15, -0.1) is 0 Å². The molecule has 0 saturated heterocycles. The van der Waals surface area contributed by atoms with Crippen LogP contribution in [-0.4, -0.2) is 36.5 Å². The maximum atomic E-state index is 12.3. The average molecular weight is 357 g/mol. The Morgan fingerprint density at radius 2 is 2.00 bits per heavy atom. The van der Waals surface area contributed by atoms with Crippen molar-refractivity contribution in [2.75, 3.05) is 19.6 Å². The number of ether oxygens (including phenoxy) is 1. The lowest BCUT2D eigenvalue weighted by Gasteiger charge is -2.24. The fourth-order valence-electron chi connectivity index (χ4n) is 2.09. The molecule has 0 heterocycles. The minimum absolute atomic E-state index is 0.0253. The molecule has 1 N–H and O–H groups in total. The topological polar surface area (TPSA) is 41.6 Å². The summed E-state index contributed by atoms with van der Waals surface area (Å²) in [4.78, 5) is 14.1. The van der Waals surface area contributed by atoms with Gasteiger partial charge in [0.1, 0.15) is 5.75 Å². The van der Waals surface area contributed by atoms with E-state index >= 15 is 0 Å². The molecule has 5 heteroatoms. The van der Waals surface area contributed by atoms with Gasteiger partial charge in [0.2, 0.25) is 0 Å². The second-order valence-corrected chi connectivity index (χ2v) is 5.72. The van der Waals surface area contributed by atoms with Gasteiger partial charge in [-0.25, -0.2) is 0 Å². The van der Waals surface area contributed by atoms with Crippen LogP contribution in [0, 0.1) is 0 Å². The van der Waals surface area contributed by atoms with Crippen LogP contribution >= 0.6 is 15.9 Å². The number of halogens is 1. The zero-order chi connectivity index (χ0) is 15.8. The highest BCUT2D eigenvalue weighted by atomic mass is 79.9. The zero-order valence-corrected chi connectivity index (χ0v) is 14.9. The van der Waals surface area contributed by atoms with Gasteiger partial charge in [-0.2, -0.15) is 0 Å². The first-order chi connectivity index (χ1) is 10.0. The van der Waals surface area contributed by atoms with Crippen LogP contribution in [0.15, 0.2) is 22.7 Å². The van der Waals surface area contributed by atoms with Crippen molar-refractivity contribution in [2.24, 2.45) is 0 Å². The van der Waals surface area contributed by atoms with Gasteiger partial charge in [-0.1, -0.05) is 22.9 Å². The second kappa shape index (κ2) is 9.05. The minimum Gasteiger partial charge on any atom is -0.481 e. The fraction of sp³-hybridized carbons (Fsp3) is 0.562. The van der Waals surface area contributed by atoms with E-state index in [1.54, 1.807) is 11.8 Å². The van der Waals surface area contributed by atoms with Crippen molar-refractivity contribution in [1.29, 1.82) is 0 Å². The number of amides is 1. The van der Waals surface area contributed by atoms with Crippen LogP contribution in [-0.2, 0) is 11.3 Å². The summed E-state index contributed by atoms with van der Waals surface area (Å²) in [6, 6.07) is 5.86. The number of nitrogens with one attached hydrogen (secondary N) is 1. The van der Waals surface area contributed by atoms with E-state index in [0.29, 0.717) is 13.1 Å². The maximum absolute atomic E-state index is 12.3. The molecule has 118 valence electrons. The van der Waals surface area contributed by atoms with E-state index in [4.69, 9.17) is 4.74 Å². The van der Waals surface area contributed by atoms with Crippen LogP contribution in [0.4, 0.5) is 0 Å². The van der Waals surface area contributed by atoms with E-state index in [1.807, 2.05) is 32.0 Å². The third-order valence-electron chi connectivity index (χ3n) is 3.31. The lowest BCUT2D eigenvalue weighted by molar-refractivity contribution is -0.137. The summed E-state index contributed by atoms with van der Waals surface area (Å²) >= 11 is 3.47. The molecule has 0 fully saturated rings. The van der Waals surface area contributed by atoms with Crippen molar-refractivity contribution in [3.63, 3.8) is 0 Å². The summed E-state index contributed by atoms with van der Waals surface area (Å²) in [5.74, 6) is 0.782. The molecule has 21 heavy (non-hydrogen) atoms. The van der Waals surface area contributed by atoms with E-state index in [-0.39, 0.29) is 5.91 Å². The van der Waals surface area contributed by atoms with E-state index < -0.39 is 6.10 Å². The van der Waals surface area contributed by atoms with Crippen molar-refractivity contribution in [3.05, 3.63) is 28.2 Å². The molecule has 1 atom stereocenters. The fourth-order valence-corrected chi connectivity index (χ4v) is 2.50. The highest BCUT2D eigenvalue weighted by Crippen LogP contribution is 2.24. The van der Waals surface area contributed by atoms with E-state index in [1.165, 1.54) is 0 Å². The molecule has 0 aromatic heterocycles. The van der Waals surface area contributed by atoms with Crippen molar-refractivity contribution >= 4 is 21.8 Å². The van der Waals surface area contributed by atoms with Crippen molar-refractivity contribution in [1.82, 2.24) is 10.2 Å². The summed E-state index contributed by atoms with van der Waals surface area (Å²) in [6.45, 7) is 10.8. The van der Waals surface area contributed by atoms with Crippen molar-refractivity contribution in [2.45, 2.75) is 40.3 Å². The molecule has 1 aromatic carbocycles. The van der Waals surface area contributed by atoms with Crippen LogP contribution in [0.1, 0.15) is 33.3 Å². The van der Waals surface area contributed by atoms with E-state index in [9.17, 15) is 4.79 Å². The largest absolute Gasteiger partial charge is 0.481 e. The summed E-state index contributed by atoms with van der Waals surface area (Å²) in [7, 11) is 0. The predicted molar refractivity (Wildman–Crippen MR) is 89.5 cm³/mol. The first-order valence-corrected chi connectivity index (χ1v) is 8.27. The Kier molecular flexibility index (Phi) is 7.75. The number of hydrogen-bond acceptors (Lipinski definition) is 3. The molecule has 0 aliphatic heterocycles. The van der Waals surface area contributed by atoms with Gasteiger partial charge in [0, 0.05) is 29.7 Å². The molecule has 0 aliphatic carbocycles. The molecule has 4 nitrogen and oxygen atoms in total. The van der Waals surface area contributed by atoms with Crippen LogP contribution < -0.4 is 10.1 Å². The Labute approximate surface area is 136 Å². The summed E-state index contributed by atoms with van der Waals surface area (Å²) in [5, 5.41) is 3.28. The van der Waals surface area contributed by atoms with Gasteiger partial charge in [0.25, 0.3) is 5.91 Å². The van der Waals surface area contributed by atoms with Gasteiger partial charge in [-0.3, -0.25) is 4.79 Å². The molecule has 1 amide bonds. The lowest BCUT2D eigenvalue weighted by Crippen LogP contribution is -2.40. The first-order valence-electron chi connectivity index (χ1n) is 7.48. The van der Waals surface area contributed by atoms with Gasteiger partial charge in [0.05, 0.1) is 0 Å². The van der Waals surface area contributed by atoms with Crippen molar-refractivity contribution < 1.29 is 9.53 Å². The van der Waals surface area contributed by atoms with Gasteiger partial charge in [-0.05, 0) is 45.5 Å². The Morgan fingerprint density at radius 3 is 2.57 bits per heavy atom. The van der Waals surface area contributed by atoms with Crippen molar-refractivity contribution in [3.8, 4) is 5.75 Å². The summed E-state index contributed by atoms with van der Waals surface area (Å²) in [6.07, 6.45) is -0.480.